The maximum absolute atomic E-state index is 4.61. The number of rotatable bonds is 6. The molecule has 2 N–H and O–H groups in total. The predicted octanol–water partition coefficient (Wildman–Crippen LogP) is 4.41. The van der Waals surface area contributed by atoms with Gasteiger partial charge in [-0.15, -0.1) is 0 Å². The molecule has 4 rings (SSSR count). The lowest BCUT2D eigenvalue weighted by Crippen LogP contribution is -2.03. The second-order valence-electron chi connectivity index (χ2n) is 6.63. The van der Waals surface area contributed by atoms with Gasteiger partial charge in [-0.1, -0.05) is 11.3 Å². The summed E-state index contributed by atoms with van der Waals surface area (Å²) in [5.41, 5.74) is 1.94. The van der Waals surface area contributed by atoms with E-state index in [0.29, 0.717) is 17.7 Å². The fraction of sp³-hybridized carbons (Fsp3) is 0.316. The van der Waals surface area contributed by atoms with E-state index >= 15 is 0 Å². The van der Waals surface area contributed by atoms with Gasteiger partial charge >= 0.3 is 0 Å². The van der Waals surface area contributed by atoms with Gasteiger partial charge in [0.15, 0.2) is 11.0 Å². The summed E-state index contributed by atoms with van der Waals surface area (Å²) in [5.74, 6) is 3.02. The predicted molar refractivity (Wildman–Crippen MR) is 113 cm³/mol. The standard InChI is InChI=1S/C19H22N8S/c1-5-20-19-23-10-15(28-19)18-21-7-6-16(26-18)25-17-8-14-13(9-22-17)24-12(4)27(14)11(2)3/h6-11H,5H2,1-4H3,(H,20,23)(H,21,22,25,26). The third-order valence-electron chi connectivity index (χ3n) is 4.23. The molecule has 0 bridgehead atoms. The Morgan fingerprint density at radius 3 is 2.75 bits per heavy atom. The Hall–Kier alpha value is -3.07. The molecule has 0 spiro atoms. The fourth-order valence-corrected chi connectivity index (χ4v) is 3.95. The van der Waals surface area contributed by atoms with Crippen molar-refractivity contribution in [2.75, 3.05) is 17.2 Å². The number of thiazole rings is 1. The van der Waals surface area contributed by atoms with E-state index in [4.69, 9.17) is 0 Å². The zero-order valence-electron chi connectivity index (χ0n) is 16.3. The molecule has 0 radical (unpaired) electrons. The van der Waals surface area contributed by atoms with Gasteiger partial charge in [0.2, 0.25) is 0 Å². The van der Waals surface area contributed by atoms with Crippen LogP contribution in [0.3, 0.4) is 0 Å². The second-order valence-corrected chi connectivity index (χ2v) is 7.66. The molecule has 0 unspecified atom stereocenters. The molecule has 0 saturated carbocycles. The monoisotopic (exact) mass is 394 g/mol. The third kappa shape index (κ3) is 3.53. The van der Waals surface area contributed by atoms with Crippen molar-refractivity contribution < 1.29 is 0 Å². The number of nitrogens with zero attached hydrogens (tertiary/aromatic N) is 6. The third-order valence-corrected chi connectivity index (χ3v) is 5.19. The van der Waals surface area contributed by atoms with E-state index < -0.39 is 0 Å². The number of hydrogen-bond acceptors (Lipinski definition) is 8. The van der Waals surface area contributed by atoms with Crippen molar-refractivity contribution in [3.05, 3.63) is 36.5 Å². The fourth-order valence-electron chi connectivity index (χ4n) is 3.13. The molecule has 0 saturated heterocycles. The summed E-state index contributed by atoms with van der Waals surface area (Å²) < 4.78 is 2.20. The summed E-state index contributed by atoms with van der Waals surface area (Å²) in [6.45, 7) is 9.18. The van der Waals surface area contributed by atoms with Crippen molar-refractivity contribution in [2.24, 2.45) is 0 Å². The van der Waals surface area contributed by atoms with Crippen molar-refractivity contribution in [2.45, 2.75) is 33.7 Å². The van der Waals surface area contributed by atoms with Crippen molar-refractivity contribution in [1.29, 1.82) is 0 Å². The number of fused-ring (bicyclic) bond motifs is 1. The van der Waals surface area contributed by atoms with Gasteiger partial charge in [-0.05, 0) is 33.8 Å². The highest BCUT2D eigenvalue weighted by molar-refractivity contribution is 7.18. The highest BCUT2D eigenvalue weighted by Crippen LogP contribution is 2.28. The van der Waals surface area contributed by atoms with Crippen molar-refractivity contribution in [3.8, 4) is 10.7 Å². The molecular formula is C19H22N8S. The average Bonchev–Trinajstić information content (AvgIpc) is 3.25. The number of hydrogen-bond donors (Lipinski definition) is 2. The molecule has 8 nitrogen and oxygen atoms in total. The van der Waals surface area contributed by atoms with Gasteiger partial charge in [0, 0.05) is 24.8 Å². The Morgan fingerprint density at radius 2 is 1.96 bits per heavy atom. The molecule has 0 aliphatic rings. The minimum Gasteiger partial charge on any atom is -0.362 e. The smallest absolute Gasteiger partial charge is 0.183 e. The van der Waals surface area contributed by atoms with E-state index in [-0.39, 0.29) is 0 Å². The molecule has 4 aromatic heterocycles. The summed E-state index contributed by atoms with van der Waals surface area (Å²) in [4.78, 5) is 23.3. The van der Waals surface area contributed by atoms with Gasteiger partial charge in [-0.2, -0.15) is 0 Å². The lowest BCUT2D eigenvalue weighted by Gasteiger charge is -2.11. The van der Waals surface area contributed by atoms with Crippen LogP contribution in [0.2, 0.25) is 0 Å². The van der Waals surface area contributed by atoms with Crippen LogP contribution in [0.1, 0.15) is 32.6 Å². The van der Waals surface area contributed by atoms with Crippen LogP contribution in [0.25, 0.3) is 21.7 Å². The van der Waals surface area contributed by atoms with Crippen LogP contribution < -0.4 is 10.6 Å². The minimum atomic E-state index is 0.322. The normalized spacial score (nSPS) is 11.3. The van der Waals surface area contributed by atoms with E-state index in [2.05, 4.69) is 54.0 Å². The van der Waals surface area contributed by atoms with Gasteiger partial charge in [-0.3, -0.25) is 0 Å². The first-order chi connectivity index (χ1) is 13.5. The van der Waals surface area contributed by atoms with Crippen LogP contribution in [0.15, 0.2) is 30.7 Å². The molecule has 0 atom stereocenters. The number of pyridine rings is 1. The largest absolute Gasteiger partial charge is 0.362 e. The Labute approximate surface area is 167 Å². The quantitative estimate of drug-likeness (QED) is 0.500. The molecule has 0 fully saturated rings. The Bertz CT molecular complexity index is 1110. The first-order valence-corrected chi connectivity index (χ1v) is 10.0. The number of anilines is 3. The number of nitrogens with one attached hydrogen (secondary N) is 2. The number of aryl methyl sites for hydroxylation is 1. The van der Waals surface area contributed by atoms with Crippen LogP contribution in [-0.2, 0) is 0 Å². The summed E-state index contributed by atoms with van der Waals surface area (Å²) >= 11 is 1.53. The van der Waals surface area contributed by atoms with Gasteiger partial charge in [-0.25, -0.2) is 24.9 Å². The Kier molecular flexibility index (Phi) is 4.91. The first kappa shape index (κ1) is 18.3. The summed E-state index contributed by atoms with van der Waals surface area (Å²) in [7, 11) is 0. The molecule has 0 aliphatic heterocycles. The molecular weight excluding hydrogens is 372 g/mol. The van der Waals surface area contributed by atoms with Crippen LogP contribution in [-0.4, -0.2) is 36.0 Å². The molecule has 0 amide bonds. The van der Waals surface area contributed by atoms with E-state index in [1.165, 1.54) is 11.3 Å². The second kappa shape index (κ2) is 7.51. The molecule has 0 aliphatic carbocycles. The van der Waals surface area contributed by atoms with Crippen LogP contribution >= 0.6 is 11.3 Å². The number of aromatic nitrogens is 6. The Balaban J connectivity index is 1.63. The summed E-state index contributed by atoms with van der Waals surface area (Å²) in [5, 5.41) is 7.35. The van der Waals surface area contributed by atoms with Gasteiger partial charge in [0.1, 0.15) is 23.0 Å². The lowest BCUT2D eigenvalue weighted by atomic mass is 10.3. The van der Waals surface area contributed by atoms with E-state index in [0.717, 1.165) is 39.2 Å². The van der Waals surface area contributed by atoms with Crippen LogP contribution in [0.5, 0.6) is 0 Å². The number of imidazole rings is 1. The van der Waals surface area contributed by atoms with Crippen LogP contribution in [0, 0.1) is 6.92 Å². The SMILES string of the molecule is CCNc1ncc(-c2nccc(Nc3cc4c(cn3)nc(C)n4C(C)C)n2)s1. The van der Waals surface area contributed by atoms with E-state index in [1.807, 2.05) is 26.0 Å². The zero-order chi connectivity index (χ0) is 19.7. The first-order valence-electron chi connectivity index (χ1n) is 9.20. The highest BCUT2D eigenvalue weighted by atomic mass is 32.1. The maximum atomic E-state index is 4.61. The van der Waals surface area contributed by atoms with Gasteiger partial charge < -0.3 is 15.2 Å². The van der Waals surface area contributed by atoms with Crippen molar-refractivity contribution >= 4 is 39.1 Å². The summed E-state index contributed by atoms with van der Waals surface area (Å²) in [6.07, 6.45) is 5.31. The van der Waals surface area contributed by atoms with Crippen molar-refractivity contribution in [3.63, 3.8) is 0 Å². The maximum Gasteiger partial charge on any atom is 0.183 e. The van der Waals surface area contributed by atoms with E-state index in [1.54, 1.807) is 18.6 Å². The Morgan fingerprint density at radius 1 is 1.11 bits per heavy atom. The molecule has 0 aromatic carbocycles. The summed E-state index contributed by atoms with van der Waals surface area (Å²) in [6, 6.07) is 4.16. The molecule has 4 aromatic rings. The van der Waals surface area contributed by atoms with E-state index in [9.17, 15) is 0 Å². The topological polar surface area (TPSA) is 93.4 Å². The molecule has 28 heavy (non-hydrogen) atoms. The van der Waals surface area contributed by atoms with Crippen LogP contribution in [0.4, 0.5) is 16.8 Å². The molecule has 4 heterocycles. The highest BCUT2D eigenvalue weighted by Gasteiger charge is 2.12. The van der Waals surface area contributed by atoms with Crippen molar-refractivity contribution in [1.82, 2.24) is 29.5 Å². The van der Waals surface area contributed by atoms with Gasteiger partial charge in [0.25, 0.3) is 0 Å². The van der Waals surface area contributed by atoms with Gasteiger partial charge in [0.05, 0.1) is 22.8 Å². The zero-order valence-corrected chi connectivity index (χ0v) is 17.1. The molecule has 144 valence electrons. The lowest BCUT2D eigenvalue weighted by molar-refractivity contribution is 0.600. The molecule has 9 heteroatoms. The minimum absolute atomic E-state index is 0.322. The average molecular weight is 395 g/mol.